The van der Waals surface area contributed by atoms with Gasteiger partial charge in [0.2, 0.25) is 0 Å². The third-order valence-corrected chi connectivity index (χ3v) is 3.46. The van der Waals surface area contributed by atoms with E-state index in [2.05, 4.69) is 11.4 Å². The third-order valence-electron chi connectivity index (χ3n) is 3.46. The number of carbonyl (C=O) groups is 2. The Balaban J connectivity index is 2.22. The first-order chi connectivity index (χ1) is 11.5. The number of nitrogens with one attached hydrogen (secondary N) is 1. The Morgan fingerprint density at radius 2 is 2.00 bits per heavy atom. The molecular weight excluding hydrogens is 308 g/mol. The summed E-state index contributed by atoms with van der Waals surface area (Å²) in [5.74, 6) is -1.18. The summed E-state index contributed by atoms with van der Waals surface area (Å²) in [6.45, 7) is 0. The topological polar surface area (TPSA) is 99.4 Å². The Kier molecular flexibility index (Phi) is 5.53. The molecule has 0 bridgehead atoms. The van der Waals surface area contributed by atoms with Crippen LogP contribution in [-0.2, 0) is 16.0 Å². The average Bonchev–Trinajstić information content (AvgIpc) is 2.60. The summed E-state index contributed by atoms with van der Waals surface area (Å²) >= 11 is 0. The predicted molar refractivity (Wildman–Crippen MR) is 86.2 cm³/mol. The van der Waals surface area contributed by atoms with Crippen LogP contribution in [0.15, 0.2) is 48.5 Å². The van der Waals surface area contributed by atoms with Crippen molar-refractivity contribution in [3.63, 3.8) is 0 Å². The van der Waals surface area contributed by atoms with Crippen molar-refractivity contribution in [1.29, 1.82) is 5.26 Å². The molecule has 0 aliphatic heterocycles. The number of esters is 1. The number of ether oxygens (including phenoxy) is 1. The third kappa shape index (κ3) is 4.11. The van der Waals surface area contributed by atoms with E-state index in [9.17, 15) is 14.7 Å². The van der Waals surface area contributed by atoms with Gasteiger partial charge in [0.1, 0.15) is 11.8 Å². The molecule has 0 heterocycles. The maximum Gasteiger partial charge on any atom is 0.328 e. The van der Waals surface area contributed by atoms with Gasteiger partial charge in [-0.25, -0.2) is 4.79 Å². The van der Waals surface area contributed by atoms with Gasteiger partial charge < -0.3 is 15.2 Å². The van der Waals surface area contributed by atoms with E-state index in [1.54, 1.807) is 24.3 Å². The van der Waals surface area contributed by atoms with E-state index in [0.29, 0.717) is 11.1 Å². The molecular formula is C18H16N2O4. The van der Waals surface area contributed by atoms with Crippen LogP contribution >= 0.6 is 0 Å². The number of carbonyl (C=O) groups excluding carboxylic acids is 2. The Bertz CT molecular complexity index is 796. The van der Waals surface area contributed by atoms with Gasteiger partial charge in [-0.15, -0.1) is 0 Å². The molecule has 0 saturated heterocycles. The molecule has 1 atom stereocenters. The minimum Gasteiger partial charge on any atom is -0.508 e. The van der Waals surface area contributed by atoms with Crippen molar-refractivity contribution in [3.8, 4) is 11.8 Å². The molecule has 2 rings (SSSR count). The zero-order valence-electron chi connectivity index (χ0n) is 13.0. The molecule has 6 nitrogen and oxygen atoms in total. The molecule has 2 N–H and O–H groups in total. The Morgan fingerprint density at radius 1 is 1.25 bits per heavy atom. The fraction of sp³-hybridized carbons (Fsp3) is 0.167. The lowest BCUT2D eigenvalue weighted by Gasteiger charge is -2.17. The van der Waals surface area contributed by atoms with Crippen molar-refractivity contribution in [2.75, 3.05) is 7.11 Å². The normalized spacial score (nSPS) is 11.2. The first-order valence-corrected chi connectivity index (χ1v) is 7.21. The molecule has 0 radical (unpaired) electrons. The highest BCUT2D eigenvalue weighted by atomic mass is 16.5. The molecule has 2 aromatic carbocycles. The number of phenols is 1. The first kappa shape index (κ1) is 17.0. The van der Waals surface area contributed by atoms with E-state index in [1.165, 1.54) is 31.4 Å². The lowest BCUT2D eigenvalue weighted by molar-refractivity contribution is -0.142. The van der Waals surface area contributed by atoms with Gasteiger partial charge in [-0.1, -0.05) is 24.3 Å². The van der Waals surface area contributed by atoms with Crippen LogP contribution in [0.25, 0.3) is 0 Å². The lowest BCUT2D eigenvalue weighted by atomic mass is 10.0. The van der Waals surface area contributed by atoms with E-state index in [-0.39, 0.29) is 17.7 Å². The molecule has 0 spiro atoms. The summed E-state index contributed by atoms with van der Waals surface area (Å²) in [6, 6.07) is 13.7. The zero-order valence-corrected chi connectivity index (χ0v) is 13.0. The number of hydrogen-bond acceptors (Lipinski definition) is 5. The second-order valence-electron chi connectivity index (χ2n) is 5.07. The van der Waals surface area contributed by atoms with Crippen molar-refractivity contribution in [2.24, 2.45) is 0 Å². The lowest BCUT2D eigenvalue weighted by Crippen LogP contribution is -2.43. The van der Waals surface area contributed by atoms with Crippen molar-refractivity contribution in [3.05, 3.63) is 65.2 Å². The summed E-state index contributed by atoms with van der Waals surface area (Å²) in [5, 5.41) is 21.2. The number of benzene rings is 2. The summed E-state index contributed by atoms with van der Waals surface area (Å²) in [6.07, 6.45) is 0.126. The molecule has 0 aliphatic carbocycles. The molecule has 6 heteroatoms. The van der Waals surface area contributed by atoms with Gasteiger partial charge in [-0.3, -0.25) is 4.79 Å². The largest absolute Gasteiger partial charge is 0.508 e. The van der Waals surface area contributed by atoms with Gasteiger partial charge in [0.25, 0.3) is 5.91 Å². The highest BCUT2D eigenvalue weighted by Gasteiger charge is 2.23. The molecule has 122 valence electrons. The smallest absolute Gasteiger partial charge is 0.328 e. The number of rotatable bonds is 5. The number of aromatic hydroxyl groups is 1. The standard InChI is InChI=1S/C18H16N2O4/c1-24-18(23)16(10-12-5-2-3-6-14(12)11-19)20-17(22)13-7-4-8-15(21)9-13/h2-9,16,21H,10H2,1H3,(H,20,22)/t16-/m0/s1. The molecule has 24 heavy (non-hydrogen) atoms. The van der Waals surface area contributed by atoms with E-state index < -0.39 is 17.9 Å². The van der Waals surface area contributed by atoms with Crippen molar-refractivity contribution >= 4 is 11.9 Å². The molecule has 0 unspecified atom stereocenters. The fourth-order valence-corrected chi connectivity index (χ4v) is 2.25. The average molecular weight is 324 g/mol. The molecule has 1 amide bonds. The van der Waals surface area contributed by atoms with E-state index in [0.717, 1.165) is 0 Å². The van der Waals surface area contributed by atoms with Gasteiger partial charge in [0, 0.05) is 12.0 Å². The summed E-state index contributed by atoms with van der Waals surface area (Å²) in [4.78, 5) is 24.3. The summed E-state index contributed by atoms with van der Waals surface area (Å²) in [5.41, 5.74) is 1.28. The van der Waals surface area contributed by atoms with Gasteiger partial charge in [-0.05, 0) is 29.8 Å². The van der Waals surface area contributed by atoms with Crippen LogP contribution in [0.5, 0.6) is 5.75 Å². The van der Waals surface area contributed by atoms with E-state index in [4.69, 9.17) is 10.00 Å². The fourth-order valence-electron chi connectivity index (χ4n) is 2.25. The molecule has 0 saturated carbocycles. The molecule has 0 fully saturated rings. The monoisotopic (exact) mass is 324 g/mol. The second kappa shape index (κ2) is 7.79. The van der Waals surface area contributed by atoms with Gasteiger partial charge in [-0.2, -0.15) is 5.26 Å². The number of nitrogens with zero attached hydrogens (tertiary/aromatic N) is 1. The second-order valence-corrected chi connectivity index (χ2v) is 5.07. The number of methoxy groups -OCH3 is 1. The molecule has 0 aliphatic rings. The van der Waals surface area contributed by atoms with Crippen molar-refractivity contribution in [2.45, 2.75) is 12.5 Å². The van der Waals surface area contributed by atoms with Crippen LogP contribution in [0.2, 0.25) is 0 Å². The van der Waals surface area contributed by atoms with Crippen LogP contribution in [0.1, 0.15) is 21.5 Å². The minimum atomic E-state index is -0.945. The molecule has 2 aromatic rings. The quantitative estimate of drug-likeness (QED) is 0.817. The first-order valence-electron chi connectivity index (χ1n) is 7.21. The maximum atomic E-state index is 12.3. The van der Waals surface area contributed by atoms with Crippen molar-refractivity contribution in [1.82, 2.24) is 5.32 Å². The highest BCUT2D eigenvalue weighted by Crippen LogP contribution is 2.13. The Morgan fingerprint density at radius 3 is 2.67 bits per heavy atom. The minimum absolute atomic E-state index is 0.0490. The SMILES string of the molecule is COC(=O)[C@H](Cc1ccccc1C#N)NC(=O)c1cccc(O)c1. The Hall–Kier alpha value is -3.33. The summed E-state index contributed by atoms with van der Waals surface area (Å²) < 4.78 is 4.73. The number of amides is 1. The maximum absolute atomic E-state index is 12.3. The van der Waals surface area contributed by atoms with E-state index in [1.807, 2.05) is 0 Å². The van der Waals surface area contributed by atoms with Gasteiger partial charge in [0.15, 0.2) is 0 Å². The zero-order chi connectivity index (χ0) is 17.5. The van der Waals surface area contributed by atoms with Crippen LogP contribution < -0.4 is 5.32 Å². The van der Waals surface area contributed by atoms with Gasteiger partial charge in [0.05, 0.1) is 18.7 Å². The number of phenolic OH excluding ortho intramolecular Hbond substituents is 1. The Labute approximate surface area is 139 Å². The highest BCUT2D eigenvalue weighted by molar-refractivity contribution is 5.97. The molecule has 0 aromatic heterocycles. The van der Waals surface area contributed by atoms with Crippen molar-refractivity contribution < 1.29 is 19.4 Å². The van der Waals surface area contributed by atoms with Crippen LogP contribution in [0.4, 0.5) is 0 Å². The van der Waals surface area contributed by atoms with Crippen LogP contribution in [0, 0.1) is 11.3 Å². The van der Waals surface area contributed by atoms with Crippen LogP contribution in [-0.4, -0.2) is 30.1 Å². The van der Waals surface area contributed by atoms with Gasteiger partial charge >= 0.3 is 5.97 Å². The summed E-state index contributed by atoms with van der Waals surface area (Å²) in [7, 11) is 1.23. The van der Waals surface area contributed by atoms with E-state index >= 15 is 0 Å². The number of hydrogen-bond donors (Lipinski definition) is 2. The predicted octanol–water partition coefficient (Wildman–Crippen LogP) is 1.78. The number of nitriles is 1. The van der Waals surface area contributed by atoms with Crippen LogP contribution in [0.3, 0.4) is 0 Å².